The Kier molecular flexibility index (Phi) is 5.50. The normalized spacial score (nSPS) is 11.2. The van der Waals surface area contributed by atoms with Gasteiger partial charge in [-0.05, 0) is 16.7 Å². The summed E-state index contributed by atoms with van der Waals surface area (Å²) in [6.45, 7) is 0. The van der Waals surface area contributed by atoms with E-state index in [0.717, 1.165) is 16.7 Å². The van der Waals surface area contributed by atoms with Crippen LogP contribution in [-0.2, 0) is 4.75 Å². The summed E-state index contributed by atoms with van der Waals surface area (Å²) in [5, 5.41) is 9.65. The molecule has 0 radical (unpaired) electrons. The molecule has 0 unspecified atom stereocenters. The highest BCUT2D eigenvalue weighted by Gasteiger charge is 2.38. The van der Waals surface area contributed by atoms with Gasteiger partial charge in [0.1, 0.15) is 11.4 Å². The molecular weight excluding hydrogens is 394 g/mol. The molecule has 0 aliphatic heterocycles. The second-order valence-corrected chi connectivity index (χ2v) is 7.82. The fraction of sp³-hybridized carbons (Fsp3) is 0.0417. The third kappa shape index (κ3) is 3.65. The molecule has 0 saturated carbocycles. The number of benzene rings is 3. The number of carboxylic acid groups (broad SMARTS) is 1. The molecule has 0 amide bonds. The summed E-state index contributed by atoms with van der Waals surface area (Å²) >= 11 is 1.43. The molecular formula is C24H19N3O2S. The average molecular weight is 414 g/mol. The van der Waals surface area contributed by atoms with Crippen LogP contribution in [0.3, 0.4) is 0 Å². The molecule has 6 heteroatoms. The number of nitrogen functional groups attached to an aromatic ring is 1. The van der Waals surface area contributed by atoms with Crippen LogP contribution in [0.5, 0.6) is 0 Å². The molecule has 4 rings (SSSR count). The summed E-state index contributed by atoms with van der Waals surface area (Å²) < 4.78 is -0.652. The summed E-state index contributed by atoms with van der Waals surface area (Å²) in [5.41, 5.74) is 8.96. The van der Waals surface area contributed by atoms with Gasteiger partial charge < -0.3 is 10.8 Å². The van der Waals surface area contributed by atoms with Crippen LogP contribution < -0.4 is 5.73 Å². The van der Waals surface area contributed by atoms with E-state index >= 15 is 0 Å². The number of nitrogens with two attached hydrogens (primary N) is 1. The van der Waals surface area contributed by atoms with Gasteiger partial charge in [-0.15, -0.1) is 0 Å². The quantitative estimate of drug-likeness (QED) is 0.267. The van der Waals surface area contributed by atoms with E-state index in [2.05, 4.69) is 46.4 Å². The standard InChI is InChI=1S/C24H19N3O2S/c25-21-20(22(28)29)16-26-23(27-21)30-24(17-10-4-1-5-11-17,18-12-6-2-7-13-18)19-14-8-3-9-15-19/h1-16H,(H,28,29)(H2,25,26,27). The fourth-order valence-electron chi connectivity index (χ4n) is 3.42. The maximum Gasteiger partial charge on any atom is 0.341 e. The Hall–Kier alpha value is -3.64. The highest BCUT2D eigenvalue weighted by molar-refractivity contribution is 8.00. The van der Waals surface area contributed by atoms with Crippen LogP contribution in [0.2, 0.25) is 0 Å². The van der Waals surface area contributed by atoms with Gasteiger partial charge in [0.05, 0.1) is 4.75 Å². The molecule has 30 heavy (non-hydrogen) atoms. The smallest absolute Gasteiger partial charge is 0.341 e. The molecule has 5 nitrogen and oxygen atoms in total. The highest BCUT2D eigenvalue weighted by atomic mass is 32.2. The minimum atomic E-state index is -1.15. The number of anilines is 1. The van der Waals surface area contributed by atoms with Crippen LogP contribution in [0.4, 0.5) is 5.82 Å². The van der Waals surface area contributed by atoms with Crippen molar-refractivity contribution in [1.82, 2.24) is 9.97 Å². The number of aromatic carboxylic acids is 1. The van der Waals surface area contributed by atoms with Crippen LogP contribution in [0.1, 0.15) is 27.0 Å². The summed E-state index contributed by atoms with van der Waals surface area (Å²) in [7, 11) is 0. The predicted molar refractivity (Wildman–Crippen MR) is 118 cm³/mol. The summed E-state index contributed by atoms with van der Waals surface area (Å²) in [4.78, 5) is 19.9. The van der Waals surface area contributed by atoms with Crippen molar-refractivity contribution in [3.05, 3.63) is 119 Å². The van der Waals surface area contributed by atoms with E-state index in [0.29, 0.717) is 5.16 Å². The van der Waals surface area contributed by atoms with Gasteiger partial charge in [-0.3, -0.25) is 0 Å². The predicted octanol–water partition coefficient (Wildman–Crippen LogP) is 4.84. The fourth-order valence-corrected chi connectivity index (χ4v) is 4.71. The van der Waals surface area contributed by atoms with E-state index in [-0.39, 0.29) is 11.4 Å². The molecule has 0 fully saturated rings. The lowest BCUT2D eigenvalue weighted by molar-refractivity contribution is 0.0697. The van der Waals surface area contributed by atoms with Crippen molar-refractivity contribution in [3.63, 3.8) is 0 Å². The molecule has 0 saturated heterocycles. The number of nitrogens with zero attached hydrogens (tertiary/aromatic N) is 2. The van der Waals surface area contributed by atoms with E-state index in [1.54, 1.807) is 0 Å². The number of hydrogen-bond acceptors (Lipinski definition) is 5. The van der Waals surface area contributed by atoms with Crippen LogP contribution in [-0.4, -0.2) is 21.0 Å². The molecule has 0 atom stereocenters. The first kappa shape index (κ1) is 19.7. The Morgan fingerprint density at radius 3 is 1.60 bits per heavy atom. The van der Waals surface area contributed by atoms with Crippen molar-refractivity contribution in [1.29, 1.82) is 0 Å². The van der Waals surface area contributed by atoms with Crippen molar-refractivity contribution in [2.75, 3.05) is 5.73 Å². The maximum absolute atomic E-state index is 11.3. The Bertz CT molecular complexity index is 1060. The average Bonchev–Trinajstić information content (AvgIpc) is 2.79. The minimum absolute atomic E-state index is 0.0527. The van der Waals surface area contributed by atoms with E-state index in [9.17, 15) is 9.90 Å². The topological polar surface area (TPSA) is 89.1 Å². The second kappa shape index (κ2) is 8.39. The molecule has 148 valence electrons. The van der Waals surface area contributed by atoms with Crippen molar-refractivity contribution >= 4 is 23.5 Å². The second-order valence-electron chi connectivity index (χ2n) is 6.64. The van der Waals surface area contributed by atoms with E-state index in [1.165, 1.54) is 18.0 Å². The number of thioether (sulfide) groups is 1. The van der Waals surface area contributed by atoms with Crippen molar-refractivity contribution in [2.24, 2.45) is 0 Å². The summed E-state index contributed by atoms with van der Waals surface area (Å²) in [5.74, 6) is -1.20. The number of carboxylic acids is 1. The van der Waals surface area contributed by atoms with Gasteiger partial charge >= 0.3 is 5.97 Å². The first-order valence-corrected chi connectivity index (χ1v) is 10.1. The van der Waals surface area contributed by atoms with E-state index < -0.39 is 10.7 Å². The SMILES string of the molecule is Nc1nc(SC(c2ccccc2)(c2ccccc2)c2ccccc2)ncc1C(=O)O. The Labute approximate surface area is 178 Å². The van der Waals surface area contributed by atoms with Gasteiger partial charge in [0.15, 0.2) is 5.16 Å². The monoisotopic (exact) mass is 413 g/mol. The molecule has 0 bridgehead atoms. The van der Waals surface area contributed by atoms with Gasteiger partial charge in [0, 0.05) is 6.20 Å². The van der Waals surface area contributed by atoms with Crippen LogP contribution in [0.25, 0.3) is 0 Å². The zero-order valence-electron chi connectivity index (χ0n) is 16.0. The number of aromatic nitrogens is 2. The van der Waals surface area contributed by atoms with Crippen molar-refractivity contribution in [2.45, 2.75) is 9.90 Å². The molecule has 1 heterocycles. The Balaban J connectivity index is 1.96. The van der Waals surface area contributed by atoms with Crippen LogP contribution in [0.15, 0.2) is 102 Å². The number of hydrogen-bond donors (Lipinski definition) is 2. The van der Waals surface area contributed by atoms with Crippen molar-refractivity contribution in [3.8, 4) is 0 Å². The summed E-state index contributed by atoms with van der Waals surface area (Å²) in [6, 6.07) is 30.4. The molecule has 0 spiro atoms. The molecule has 0 aliphatic carbocycles. The molecule has 3 aromatic carbocycles. The van der Waals surface area contributed by atoms with Crippen LogP contribution in [0, 0.1) is 0 Å². The van der Waals surface area contributed by atoms with Crippen LogP contribution >= 0.6 is 11.8 Å². The molecule has 4 aromatic rings. The number of carbonyl (C=O) groups is 1. The molecule has 0 aliphatic rings. The maximum atomic E-state index is 11.3. The van der Waals surface area contributed by atoms with Gasteiger partial charge in [-0.25, -0.2) is 14.8 Å². The lowest BCUT2D eigenvalue weighted by atomic mass is 9.84. The minimum Gasteiger partial charge on any atom is -0.477 e. The zero-order chi connectivity index (χ0) is 21.0. The van der Waals surface area contributed by atoms with Crippen molar-refractivity contribution < 1.29 is 9.90 Å². The third-order valence-electron chi connectivity index (χ3n) is 4.81. The van der Waals surface area contributed by atoms with Gasteiger partial charge in [0.2, 0.25) is 0 Å². The van der Waals surface area contributed by atoms with Gasteiger partial charge in [-0.1, -0.05) is 103 Å². The number of rotatable bonds is 6. The first-order valence-electron chi connectivity index (χ1n) is 9.32. The first-order chi connectivity index (χ1) is 14.6. The van der Waals surface area contributed by atoms with E-state index in [4.69, 9.17) is 5.73 Å². The van der Waals surface area contributed by atoms with Gasteiger partial charge in [-0.2, -0.15) is 0 Å². The molecule has 1 aromatic heterocycles. The largest absolute Gasteiger partial charge is 0.477 e. The lowest BCUT2D eigenvalue weighted by Crippen LogP contribution is -2.26. The van der Waals surface area contributed by atoms with E-state index in [1.807, 2.05) is 54.6 Å². The molecule has 3 N–H and O–H groups in total. The Morgan fingerprint density at radius 1 is 0.800 bits per heavy atom. The van der Waals surface area contributed by atoms with Gasteiger partial charge in [0.25, 0.3) is 0 Å². The Morgan fingerprint density at radius 2 is 1.23 bits per heavy atom. The summed E-state index contributed by atoms with van der Waals surface area (Å²) in [6.07, 6.45) is 1.26. The zero-order valence-corrected chi connectivity index (χ0v) is 16.8. The lowest BCUT2D eigenvalue weighted by Gasteiger charge is -2.34. The third-order valence-corrected chi connectivity index (χ3v) is 6.20. The highest BCUT2D eigenvalue weighted by Crippen LogP contribution is 2.50.